The lowest BCUT2D eigenvalue weighted by molar-refractivity contribution is -0.123. The topological polar surface area (TPSA) is 84.6 Å². The van der Waals surface area contributed by atoms with E-state index >= 15 is 0 Å². The van der Waals surface area contributed by atoms with E-state index in [1.807, 2.05) is 24.3 Å². The number of halogens is 2. The average molecular weight is 446 g/mol. The van der Waals surface area contributed by atoms with Crippen LogP contribution in [0.15, 0.2) is 36.5 Å². The van der Waals surface area contributed by atoms with Crippen LogP contribution in [0.1, 0.15) is 37.7 Å². The summed E-state index contributed by atoms with van der Waals surface area (Å²) in [6.45, 7) is 3.05. The molecule has 1 saturated carbocycles. The fraction of sp³-hybridized carbons (Fsp3) is 0.522. The molecule has 2 atom stereocenters. The predicted octanol–water partition coefficient (Wildman–Crippen LogP) is 3.20. The monoisotopic (exact) mass is 445 g/mol. The van der Waals surface area contributed by atoms with E-state index in [9.17, 15) is 13.6 Å². The van der Waals surface area contributed by atoms with Crippen LogP contribution in [0.5, 0.6) is 5.75 Å². The van der Waals surface area contributed by atoms with E-state index in [0.29, 0.717) is 12.4 Å². The van der Waals surface area contributed by atoms with Crippen LogP contribution in [-0.2, 0) is 4.79 Å². The van der Waals surface area contributed by atoms with E-state index < -0.39 is 18.4 Å². The van der Waals surface area contributed by atoms with Crippen LogP contribution >= 0.6 is 0 Å². The summed E-state index contributed by atoms with van der Waals surface area (Å²) in [7, 11) is 1.56. The van der Waals surface area contributed by atoms with E-state index in [1.54, 1.807) is 19.3 Å². The molecule has 1 aromatic heterocycles. The summed E-state index contributed by atoms with van der Waals surface area (Å²) in [6.07, 6.45) is 1.67. The Morgan fingerprint density at radius 1 is 1.31 bits per heavy atom. The molecule has 2 heterocycles. The fourth-order valence-electron chi connectivity index (χ4n) is 4.39. The number of ether oxygens (including phenoxy) is 1. The lowest BCUT2D eigenvalue weighted by atomic mass is 9.84. The molecule has 4 rings (SSSR count). The third-order valence-corrected chi connectivity index (χ3v) is 6.64. The molecule has 172 valence electrons. The molecule has 9 heteroatoms. The summed E-state index contributed by atoms with van der Waals surface area (Å²) >= 11 is 0. The minimum Gasteiger partial charge on any atom is -0.489 e. The highest BCUT2D eigenvalue weighted by molar-refractivity contribution is 5.84. The second kappa shape index (κ2) is 8.88. The number of benzene rings is 1. The molecule has 2 aliphatic rings. The molecule has 32 heavy (non-hydrogen) atoms. The number of hydrogen-bond donors (Lipinski definition) is 1. The van der Waals surface area contributed by atoms with Crippen molar-refractivity contribution in [1.82, 2.24) is 9.97 Å². The maximum Gasteiger partial charge on any atom is 0.255 e. The zero-order valence-corrected chi connectivity index (χ0v) is 18.4. The van der Waals surface area contributed by atoms with Crippen molar-refractivity contribution in [3.8, 4) is 5.75 Å². The van der Waals surface area contributed by atoms with Crippen molar-refractivity contribution in [3.63, 3.8) is 0 Å². The summed E-state index contributed by atoms with van der Waals surface area (Å²) in [5.74, 6) is 1.63. The van der Waals surface area contributed by atoms with Crippen molar-refractivity contribution in [3.05, 3.63) is 42.1 Å². The molecule has 2 aromatic rings. The number of carbonyl (C=O) groups is 1. The van der Waals surface area contributed by atoms with Gasteiger partial charge in [-0.3, -0.25) is 4.79 Å². The maximum absolute atomic E-state index is 12.7. The molecule has 1 aliphatic heterocycles. The predicted molar refractivity (Wildman–Crippen MR) is 118 cm³/mol. The first-order chi connectivity index (χ1) is 15.3. The highest BCUT2D eigenvalue weighted by Gasteiger charge is 2.53. The van der Waals surface area contributed by atoms with Gasteiger partial charge in [0.2, 0.25) is 11.9 Å². The quantitative estimate of drug-likeness (QED) is 0.638. The standard InChI is InChI=1S/C23H29F2N5O2/c1-15(23(9-10-23)21(26)31)16-3-5-17(6-4-16)32-18-8-12-30(13-18)20-7-11-27-22(28-20)29(2)14-19(24)25/h3-7,11,15,18-19H,8-10,12-14H2,1-2H3,(H2,26,31)/t15-,18+/m0/s1. The van der Waals surface area contributed by atoms with Crippen molar-refractivity contribution in [2.24, 2.45) is 11.1 Å². The van der Waals surface area contributed by atoms with Crippen molar-refractivity contribution in [2.75, 3.05) is 36.5 Å². The molecule has 2 fully saturated rings. The Labute approximate surface area is 186 Å². The molecular formula is C23H29F2N5O2. The Morgan fingerprint density at radius 2 is 2.03 bits per heavy atom. The number of nitrogens with zero attached hydrogens (tertiary/aromatic N) is 4. The third-order valence-electron chi connectivity index (χ3n) is 6.64. The molecule has 1 aliphatic carbocycles. The van der Waals surface area contributed by atoms with Gasteiger partial charge in [-0.25, -0.2) is 13.8 Å². The largest absolute Gasteiger partial charge is 0.489 e. The second-order valence-corrected chi connectivity index (χ2v) is 8.77. The summed E-state index contributed by atoms with van der Waals surface area (Å²) in [5.41, 5.74) is 6.30. The van der Waals surface area contributed by atoms with E-state index in [1.165, 1.54) is 4.90 Å². The van der Waals surface area contributed by atoms with Crippen LogP contribution in [0.4, 0.5) is 20.5 Å². The normalized spacial score (nSPS) is 20.3. The first-order valence-corrected chi connectivity index (χ1v) is 10.9. The summed E-state index contributed by atoms with van der Waals surface area (Å²) < 4.78 is 31.5. The SMILES string of the molecule is C[C@@H](c1ccc(O[C@@H]2CCN(c3ccnc(N(C)CC(F)F)n3)C2)cc1)C1(C(N)=O)CC1. The molecule has 0 radical (unpaired) electrons. The Hall–Kier alpha value is -2.97. The molecule has 1 amide bonds. The van der Waals surface area contributed by atoms with Gasteiger partial charge in [0.05, 0.1) is 18.5 Å². The first-order valence-electron chi connectivity index (χ1n) is 10.9. The van der Waals surface area contributed by atoms with Crippen molar-refractivity contribution in [2.45, 2.75) is 44.6 Å². The number of aromatic nitrogens is 2. The van der Waals surface area contributed by atoms with Gasteiger partial charge in [-0.15, -0.1) is 0 Å². The van der Waals surface area contributed by atoms with Crippen molar-refractivity contribution < 1.29 is 18.3 Å². The maximum atomic E-state index is 12.7. The lowest BCUT2D eigenvalue weighted by Gasteiger charge is -2.22. The Bertz CT molecular complexity index is 952. The molecule has 0 bridgehead atoms. The molecule has 1 aromatic carbocycles. The van der Waals surface area contributed by atoms with Gasteiger partial charge < -0.3 is 20.3 Å². The zero-order chi connectivity index (χ0) is 22.9. The van der Waals surface area contributed by atoms with Crippen molar-refractivity contribution in [1.29, 1.82) is 0 Å². The van der Waals surface area contributed by atoms with Gasteiger partial charge in [-0.05, 0) is 42.5 Å². The molecule has 1 saturated heterocycles. The molecule has 0 unspecified atom stereocenters. The van der Waals surface area contributed by atoms with E-state index in [-0.39, 0.29) is 23.9 Å². The zero-order valence-electron chi connectivity index (χ0n) is 18.4. The van der Waals surface area contributed by atoms with Crippen LogP contribution < -0.4 is 20.3 Å². The number of primary amides is 1. The molecule has 7 nitrogen and oxygen atoms in total. The number of rotatable bonds is 9. The Kier molecular flexibility index (Phi) is 6.17. The number of alkyl halides is 2. The van der Waals surface area contributed by atoms with Gasteiger partial charge in [0.25, 0.3) is 6.43 Å². The Balaban J connectivity index is 1.35. The van der Waals surface area contributed by atoms with E-state index in [4.69, 9.17) is 10.5 Å². The molecule has 2 N–H and O–H groups in total. The van der Waals surface area contributed by atoms with Crippen LogP contribution in [0.2, 0.25) is 0 Å². The Morgan fingerprint density at radius 3 is 2.66 bits per heavy atom. The van der Waals surface area contributed by atoms with Gasteiger partial charge >= 0.3 is 0 Å². The first kappa shape index (κ1) is 22.2. The van der Waals surface area contributed by atoms with Gasteiger partial charge in [0.15, 0.2) is 0 Å². The fourth-order valence-corrected chi connectivity index (χ4v) is 4.39. The molecular weight excluding hydrogens is 416 g/mol. The van der Waals surface area contributed by atoms with Crippen LogP contribution in [-0.4, -0.2) is 55.1 Å². The highest BCUT2D eigenvalue weighted by atomic mass is 19.3. The van der Waals surface area contributed by atoms with Crippen LogP contribution in [0.3, 0.4) is 0 Å². The minimum absolute atomic E-state index is 0.00382. The van der Waals surface area contributed by atoms with Gasteiger partial charge in [-0.2, -0.15) is 4.98 Å². The summed E-state index contributed by atoms with van der Waals surface area (Å²) in [4.78, 5) is 23.8. The smallest absolute Gasteiger partial charge is 0.255 e. The average Bonchev–Trinajstić information content (AvgIpc) is 3.47. The third kappa shape index (κ3) is 4.61. The number of amides is 1. The van der Waals surface area contributed by atoms with Gasteiger partial charge in [-0.1, -0.05) is 19.1 Å². The highest BCUT2D eigenvalue weighted by Crippen LogP contribution is 2.55. The van der Waals surface area contributed by atoms with Crippen LogP contribution in [0.25, 0.3) is 0 Å². The van der Waals surface area contributed by atoms with Crippen molar-refractivity contribution >= 4 is 17.7 Å². The number of carbonyl (C=O) groups excluding carboxylic acids is 1. The van der Waals surface area contributed by atoms with Gasteiger partial charge in [0.1, 0.15) is 17.7 Å². The molecule has 0 spiro atoms. The summed E-state index contributed by atoms with van der Waals surface area (Å²) in [6, 6.07) is 9.67. The van der Waals surface area contributed by atoms with E-state index in [0.717, 1.165) is 37.1 Å². The summed E-state index contributed by atoms with van der Waals surface area (Å²) in [5, 5.41) is 0. The number of anilines is 2. The van der Waals surface area contributed by atoms with Crippen LogP contribution in [0, 0.1) is 5.41 Å². The second-order valence-electron chi connectivity index (χ2n) is 8.77. The number of hydrogen-bond acceptors (Lipinski definition) is 6. The lowest BCUT2D eigenvalue weighted by Crippen LogP contribution is -2.29. The number of nitrogens with two attached hydrogens (primary N) is 1. The minimum atomic E-state index is -2.45. The van der Waals surface area contributed by atoms with Gasteiger partial charge in [0, 0.05) is 26.2 Å². The van der Waals surface area contributed by atoms with E-state index in [2.05, 4.69) is 21.8 Å².